The largest absolute Gasteiger partial charge is 0.434 e. The van der Waals surface area contributed by atoms with Gasteiger partial charge in [-0.3, -0.25) is 0 Å². The van der Waals surface area contributed by atoms with Crippen LogP contribution in [0.25, 0.3) is 0 Å². The molecular weight excluding hydrogens is 267 g/mol. The zero-order valence-electron chi connectivity index (χ0n) is 6.31. The van der Waals surface area contributed by atoms with Crippen molar-refractivity contribution in [1.82, 2.24) is 4.98 Å². The second-order valence-corrected chi connectivity index (χ2v) is 3.01. The van der Waals surface area contributed by atoms with Gasteiger partial charge in [-0.05, 0) is 6.07 Å². The Morgan fingerprint density at radius 3 is 2.85 bits per heavy atom. The van der Waals surface area contributed by atoms with E-state index in [0.29, 0.717) is 10.9 Å². The summed E-state index contributed by atoms with van der Waals surface area (Å²) in [6.07, 6.45) is 1.31. The molecular formula is C7H5BrClF2NO. The van der Waals surface area contributed by atoms with Crippen molar-refractivity contribution in [3.8, 4) is 5.75 Å². The first-order chi connectivity index (χ1) is 6.15. The van der Waals surface area contributed by atoms with E-state index in [1.54, 1.807) is 0 Å². The maximum atomic E-state index is 11.9. The summed E-state index contributed by atoms with van der Waals surface area (Å²) in [6, 6.07) is 1.34. The van der Waals surface area contributed by atoms with Crippen molar-refractivity contribution < 1.29 is 13.5 Å². The number of rotatable bonds is 3. The highest BCUT2D eigenvalue weighted by atomic mass is 79.9. The van der Waals surface area contributed by atoms with Crippen LogP contribution in [0.1, 0.15) is 5.56 Å². The molecule has 1 aromatic heterocycles. The van der Waals surface area contributed by atoms with Gasteiger partial charge in [-0.2, -0.15) is 8.78 Å². The third kappa shape index (κ3) is 2.77. The van der Waals surface area contributed by atoms with Gasteiger partial charge in [-0.1, -0.05) is 27.5 Å². The molecule has 0 aromatic carbocycles. The normalized spacial score (nSPS) is 10.5. The average molecular weight is 272 g/mol. The Bertz CT molecular complexity index is 298. The highest BCUT2D eigenvalue weighted by molar-refractivity contribution is 9.08. The van der Waals surface area contributed by atoms with Crippen LogP contribution in [0.2, 0.25) is 5.15 Å². The zero-order valence-corrected chi connectivity index (χ0v) is 8.65. The molecule has 0 N–H and O–H groups in total. The fourth-order valence-electron chi connectivity index (χ4n) is 0.778. The molecule has 0 radical (unpaired) electrons. The van der Waals surface area contributed by atoms with Gasteiger partial charge in [-0.25, -0.2) is 4.98 Å². The molecule has 0 fully saturated rings. The number of halogens is 4. The SMILES string of the molecule is FC(F)Oc1ccnc(Cl)c1CBr. The number of ether oxygens (including phenoxy) is 1. The number of alkyl halides is 3. The van der Waals surface area contributed by atoms with Crippen LogP contribution in [-0.4, -0.2) is 11.6 Å². The molecule has 0 aliphatic carbocycles. The smallest absolute Gasteiger partial charge is 0.387 e. The third-order valence-electron chi connectivity index (χ3n) is 1.31. The molecule has 0 unspecified atom stereocenters. The Hall–Kier alpha value is -0.420. The minimum Gasteiger partial charge on any atom is -0.434 e. The Kier molecular flexibility index (Phi) is 3.87. The molecule has 0 atom stereocenters. The van der Waals surface area contributed by atoms with Crippen LogP contribution in [0.4, 0.5) is 8.78 Å². The van der Waals surface area contributed by atoms with Gasteiger partial charge in [0.25, 0.3) is 0 Å². The van der Waals surface area contributed by atoms with E-state index in [4.69, 9.17) is 11.6 Å². The van der Waals surface area contributed by atoms with E-state index in [1.165, 1.54) is 12.3 Å². The van der Waals surface area contributed by atoms with Gasteiger partial charge in [0.05, 0.1) is 0 Å². The maximum Gasteiger partial charge on any atom is 0.387 e. The third-order valence-corrected chi connectivity index (χ3v) is 2.20. The molecule has 6 heteroatoms. The lowest BCUT2D eigenvalue weighted by molar-refractivity contribution is -0.0503. The fraction of sp³-hybridized carbons (Fsp3) is 0.286. The van der Waals surface area contributed by atoms with Crippen molar-refractivity contribution in [2.75, 3.05) is 0 Å². The summed E-state index contributed by atoms with van der Waals surface area (Å²) in [4.78, 5) is 3.73. The number of hydrogen-bond donors (Lipinski definition) is 0. The molecule has 13 heavy (non-hydrogen) atoms. The van der Waals surface area contributed by atoms with Gasteiger partial charge in [0.2, 0.25) is 0 Å². The van der Waals surface area contributed by atoms with Gasteiger partial charge in [0.1, 0.15) is 10.9 Å². The van der Waals surface area contributed by atoms with Gasteiger partial charge in [0.15, 0.2) is 0 Å². The minimum absolute atomic E-state index is 0.0480. The zero-order chi connectivity index (χ0) is 9.84. The number of pyridine rings is 1. The van der Waals surface area contributed by atoms with Crippen LogP contribution in [-0.2, 0) is 5.33 Å². The first-order valence-electron chi connectivity index (χ1n) is 3.29. The van der Waals surface area contributed by atoms with Gasteiger partial charge in [0, 0.05) is 17.1 Å². The van der Waals surface area contributed by atoms with E-state index in [9.17, 15) is 8.78 Å². The maximum absolute atomic E-state index is 11.9. The van der Waals surface area contributed by atoms with E-state index in [2.05, 4.69) is 25.7 Å². The molecule has 0 aliphatic heterocycles. The van der Waals surface area contributed by atoms with Crippen LogP contribution >= 0.6 is 27.5 Å². The van der Waals surface area contributed by atoms with Crippen molar-refractivity contribution in [3.63, 3.8) is 0 Å². The second-order valence-electron chi connectivity index (χ2n) is 2.09. The molecule has 0 saturated carbocycles. The van der Waals surface area contributed by atoms with E-state index >= 15 is 0 Å². The molecule has 72 valence electrons. The van der Waals surface area contributed by atoms with Crippen molar-refractivity contribution >= 4 is 27.5 Å². The van der Waals surface area contributed by atoms with Crippen LogP contribution < -0.4 is 4.74 Å². The Morgan fingerprint density at radius 2 is 2.31 bits per heavy atom. The van der Waals surface area contributed by atoms with Gasteiger partial charge < -0.3 is 4.74 Å². The Labute approximate surface area is 87.0 Å². The van der Waals surface area contributed by atoms with Crippen molar-refractivity contribution in [2.24, 2.45) is 0 Å². The first kappa shape index (κ1) is 10.7. The Balaban J connectivity index is 2.98. The van der Waals surface area contributed by atoms with E-state index in [1.807, 2.05) is 0 Å². The average Bonchev–Trinajstić information content (AvgIpc) is 2.03. The second kappa shape index (κ2) is 4.72. The predicted octanol–water partition coefficient (Wildman–Crippen LogP) is 3.23. The minimum atomic E-state index is -2.85. The highest BCUT2D eigenvalue weighted by Crippen LogP contribution is 2.27. The van der Waals surface area contributed by atoms with Gasteiger partial charge >= 0.3 is 6.61 Å². The molecule has 0 spiro atoms. The summed E-state index contributed by atoms with van der Waals surface area (Å²) < 4.78 is 28.0. The first-order valence-corrected chi connectivity index (χ1v) is 4.79. The molecule has 0 bridgehead atoms. The summed E-state index contributed by atoms with van der Waals surface area (Å²) in [7, 11) is 0. The monoisotopic (exact) mass is 271 g/mol. The highest BCUT2D eigenvalue weighted by Gasteiger charge is 2.11. The van der Waals surface area contributed by atoms with Crippen LogP contribution in [0, 0.1) is 0 Å². The summed E-state index contributed by atoms with van der Waals surface area (Å²) in [5.41, 5.74) is 0.421. The van der Waals surface area contributed by atoms with Crippen LogP contribution in [0.15, 0.2) is 12.3 Å². The van der Waals surface area contributed by atoms with E-state index in [-0.39, 0.29) is 10.9 Å². The van der Waals surface area contributed by atoms with E-state index in [0.717, 1.165) is 0 Å². The molecule has 1 rings (SSSR count). The lowest BCUT2D eigenvalue weighted by atomic mass is 10.3. The van der Waals surface area contributed by atoms with E-state index < -0.39 is 6.61 Å². The number of aromatic nitrogens is 1. The molecule has 1 aromatic rings. The summed E-state index contributed by atoms with van der Waals surface area (Å²) in [5, 5.41) is 0.483. The Morgan fingerprint density at radius 1 is 1.62 bits per heavy atom. The summed E-state index contributed by atoms with van der Waals surface area (Å²) >= 11 is 8.75. The predicted molar refractivity (Wildman–Crippen MR) is 48.5 cm³/mol. The van der Waals surface area contributed by atoms with Crippen LogP contribution in [0.5, 0.6) is 5.75 Å². The molecule has 0 aliphatic rings. The quantitative estimate of drug-likeness (QED) is 0.622. The van der Waals surface area contributed by atoms with Crippen molar-refractivity contribution in [3.05, 3.63) is 23.0 Å². The van der Waals surface area contributed by atoms with Crippen LogP contribution in [0.3, 0.4) is 0 Å². The lowest BCUT2D eigenvalue weighted by Gasteiger charge is -2.08. The number of nitrogens with zero attached hydrogens (tertiary/aromatic N) is 1. The molecule has 0 amide bonds. The summed E-state index contributed by atoms with van der Waals surface area (Å²) in [6.45, 7) is -2.85. The standard InChI is InChI=1S/C7H5BrClF2NO/c8-3-4-5(13-7(10)11)1-2-12-6(4)9/h1-2,7H,3H2. The number of hydrogen-bond acceptors (Lipinski definition) is 2. The lowest BCUT2D eigenvalue weighted by Crippen LogP contribution is -2.04. The summed E-state index contributed by atoms with van der Waals surface area (Å²) in [5.74, 6) is 0.0480. The fourth-order valence-corrected chi connectivity index (χ4v) is 1.70. The molecule has 1 heterocycles. The van der Waals surface area contributed by atoms with Gasteiger partial charge in [-0.15, -0.1) is 0 Å². The topological polar surface area (TPSA) is 22.1 Å². The van der Waals surface area contributed by atoms with Crippen molar-refractivity contribution in [2.45, 2.75) is 11.9 Å². The molecule has 2 nitrogen and oxygen atoms in total. The van der Waals surface area contributed by atoms with Crippen molar-refractivity contribution in [1.29, 1.82) is 0 Å². The molecule has 0 saturated heterocycles.